The quantitative estimate of drug-likeness (QED) is 0.519. The van der Waals surface area contributed by atoms with Crippen LogP contribution in [0.2, 0.25) is 0 Å². The van der Waals surface area contributed by atoms with E-state index in [1.807, 2.05) is 7.05 Å². The van der Waals surface area contributed by atoms with Crippen LogP contribution in [0.25, 0.3) is 0 Å². The summed E-state index contributed by atoms with van der Waals surface area (Å²) in [6.45, 7) is 0.637. The zero-order valence-corrected chi connectivity index (χ0v) is 7.74. The molecule has 70 valence electrons. The van der Waals surface area contributed by atoms with Gasteiger partial charge in [0.05, 0.1) is 13.6 Å². The fourth-order valence-electron chi connectivity index (χ4n) is 1.04. The van der Waals surface area contributed by atoms with E-state index in [1.54, 1.807) is 24.2 Å². The Morgan fingerprint density at radius 1 is 1.31 bits per heavy atom. The molecule has 0 bridgehead atoms. The van der Waals surface area contributed by atoms with Crippen LogP contribution in [0.4, 0.5) is 4.39 Å². The zero-order chi connectivity index (χ0) is 9.68. The molecule has 1 aromatic rings. The Bertz CT molecular complexity index is 281. The molecular formula is C9H12FN3. The van der Waals surface area contributed by atoms with Crippen molar-refractivity contribution in [3.63, 3.8) is 0 Å². The van der Waals surface area contributed by atoms with Gasteiger partial charge in [0.1, 0.15) is 5.82 Å². The molecule has 1 rings (SSSR count). The first-order valence-electron chi connectivity index (χ1n) is 3.97. The van der Waals surface area contributed by atoms with Crippen LogP contribution in [-0.4, -0.2) is 19.1 Å². The Morgan fingerprint density at radius 3 is 2.46 bits per heavy atom. The third kappa shape index (κ3) is 3.19. The van der Waals surface area contributed by atoms with E-state index < -0.39 is 0 Å². The molecule has 13 heavy (non-hydrogen) atoms. The van der Waals surface area contributed by atoms with E-state index in [2.05, 4.69) is 10.3 Å². The highest BCUT2D eigenvalue weighted by atomic mass is 19.1. The molecule has 0 saturated carbocycles. The molecule has 0 saturated heterocycles. The average Bonchev–Trinajstić information content (AvgIpc) is 2.09. The molecule has 4 heteroatoms. The molecule has 0 heterocycles. The number of hydrogen-bond acceptors (Lipinski definition) is 2. The summed E-state index contributed by atoms with van der Waals surface area (Å²) in [4.78, 5) is 0. The standard InChI is InChI=1S/C9H12FN3/c1-11-12-13(2)7-8-3-5-9(10)6-4-8/h3-6H,7H2,1-2H3. The van der Waals surface area contributed by atoms with Crippen molar-refractivity contribution in [3.05, 3.63) is 35.6 Å². The van der Waals surface area contributed by atoms with Crippen molar-refractivity contribution in [2.45, 2.75) is 6.54 Å². The van der Waals surface area contributed by atoms with Gasteiger partial charge in [0.2, 0.25) is 0 Å². The van der Waals surface area contributed by atoms with Gasteiger partial charge in [-0.2, -0.15) is 5.11 Å². The molecule has 3 nitrogen and oxygen atoms in total. The molecule has 0 fully saturated rings. The predicted molar refractivity (Wildman–Crippen MR) is 48.6 cm³/mol. The highest BCUT2D eigenvalue weighted by Gasteiger charge is 1.96. The van der Waals surface area contributed by atoms with Crippen LogP contribution < -0.4 is 0 Å². The van der Waals surface area contributed by atoms with Gasteiger partial charge in [0.15, 0.2) is 0 Å². The highest BCUT2D eigenvalue weighted by Crippen LogP contribution is 2.05. The van der Waals surface area contributed by atoms with Crippen LogP contribution in [0.15, 0.2) is 34.6 Å². The Hall–Kier alpha value is -1.45. The molecule has 0 aliphatic rings. The lowest BCUT2D eigenvalue weighted by molar-refractivity contribution is 0.321. The minimum Gasteiger partial charge on any atom is -0.277 e. The molecule has 0 aromatic heterocycles. The number of halogens is 1. The third-order valence-electron chi connectivity index (χ3n) is 1.57. The van der Waals surface area contributed by atoms with Gasteiger partial charge in [0.25, 0.3) is 0 Å². The van der Waals surface area contributed by atoms with Gasteiger partial charge < -0.3 is 0 Å². The average molecular weight is 181 g/mol. The van der Waals surface area contributed by atoms with E-state index in [1.165, 1.54) is 12.1 Å². The van der Waals surface area contributed by atoms with Gasteiger partial charge in [-0.3, -0.25) is 5.01 Å². The van der Waals surface area contributed by atoms with Gasteiger partial charge in [-0.1, -0.05) is 17.4 Å². The van der Waals surface area contributed by atoms with E-state index in [4.69, 9.17) is 0 Å². The maximum Gasteiger partial charge on any atom is 0.123 e. The first-order valence-corrected chi connectivity index (χ1v) is 3.97. The molecule has 1 aromatic carbocycles. The number of nitrogens with zero attached hydrogens (tertiary/aromatic N) is 3. The van der Waals surface area contributed by atoms with Gasteiger partial charge in [-0.05, 0) is 17.7 Å². The lowest BCUT2D eigenvalue weighted by atomic mass is 10.2. The summed E-state index contributed by atoms with van der Waals surface area (Å²) < 4.78 is 12.5. The van der Waals surface area contributed by atoms with Crippen molar-refractivity contribution < 1.29 is 4.39 Å². The molecule has 0 spiro atoms. The molecule has 0 N–H and O–H groups in total. The van der Waals surface area contributed by atoms with Crippen molar-refractivity contribution in [2.24, 2.45) is 10.3 Å². The fraction of sp³-hybridized carbons (Fsp3) is 0.333. The van der Waals surface area contributed by atoms with E-state index in [-0.39, 0.29) is 5.82 Å². The summed E-state index contributed by atoms with van der Waals surface area (Å²) in [5.41, 5.74) is 1.01. The fourth-order valence-corrected chi connectivity index (χ4v) is 1.04. The van der Waals surface area contributed by atoms with Crippen LogP contribution in [0.1, 0.15) is 5.56 Å². The molecular weight excluding hydrogens is 169 g/mol. The number of rotatable bonds is 3. The topological polar surface area (TPSA) is 28.0 Å². The first kappa shape index (κ1) is 9.64. The van der Waals surface area contributed by atoms with E-state index >= 15 is 0 Å². The van der Waals surface area contributed by atoms with Gasteiger partial charge in [0, 0.05) is 7.05 Å². The molecule has 0 aliphatic heterocycles. The second-order valence-electron chi connectivity index (χ2n) is 2.73. The van der Waals surface area contributed by atoms with Gasteiger partial charge in [-0.25, -0.2) is 4.39 Å². The lowest BCUT2D eigenvalue weighted by Crippen LogP contribution is -2.09. The highest BCUT2D eigenvalue weighted by molar-refractivity contribution is 5.15. The van der Waals surface area contributed by atoms with E-state index in [0.717, 1.165) is 5.56 Å². The summed E-state index contributed by atoms with van der Waals surface area (Å²) in [6, 6.07) is 6.34. The number of benzene rings is 1. The van der Waals surface area contributed by atoms with Crippen molar-refractivity contribution >= 4 is 0 Å². The molecule has 0 atom stereocenters. The van der Waals surface area contributed by atoms with Crippen LogP contribution in [-0.2, 0) is 6.54 Å². The van der Waals surface area contributed by atoms with Gasteiger partial charge in [-0.15, -0.1) is 0 Å². The smallest absolute Gasteiger partial charge is 0.123 e. The molecule has 0 amide bonds. The number of hydrogen-bond donors (Lipinski definition) is 0. The summed E-state index contributed by atoms with van der Waals surface area (Å²) in [6.07, 6.45) is 0. The monoisotopic (exact) mass is 181 g/mol. The summed E-state index contributed by atoms with van der Waals surface area (Å²) in [5.74, 6) is -0.219. The Morgan fingerprint density at radius 2 is 1.92 bits per heavy atom. The minimum absolute atomic E-state index is 0.219. The maximum absolute atomic E-state index is 12.5. The minimum atomic E-state index is -0.219. The first-order chi connectivity index (χ1) is 6.22. The summed E-state index contributed by atoms with van der Waals surface area (Å²) in [7, 11) is 3.43. The molecule has 0 radical (unpaired) electrons. The summed E-state index contributed by atoms with van der Waals surface area (Å²) >= 11 is 0. The van der Waals surface area contributed by atoms with Crippen LogP contribution in [0.3, 0.4) is 0 Å². The van der Waals surface area contributed by atoms with E-state index in [9.17, 15) is 4.39 Å². The summed E-state index contributed by atoms with van der Waals surface area (Å²) in [5, 5.41) is 9.12. The largest absolute Gasteiger partial charge is 0.277 e. The Kier molecular flexibility index (Phi) is 3.37. The predicted octanol–water partition coefficient (Wildman–Crippen LogP) is 2.25. The van der Waals surface area contributed by atoms with Crippen LogP contribution >= 0.6 is 0 Å². The zero-order valence-electron chi connectivity index (χ0n) is 7.74. The maximum atomic E-state index is 12.5. The van der Waals surface area contributed by atoms with Crippen molar-refractivity contribution in [1.29, 1.82) is 0 Å². The Labute approximate surface area is 76.9 Å². The second-order valence-corrected chi connectivity index (χ2v) is 2.73. The van der Waals surface area contributed by atoms with Crippen molar-refractivity contribution in [2.75, 3.05) is 14.1 Å². The Balaban J connectivity index is 2.59. The van der Waals surface area contributed by atoms with Crippen molar-refractivity contribution in [1.82, 2.24) is 5.01 Å². The van der Waals surface area contributed by atoms with E-state index in [0.29, 0.717) is 6.54 Å². The SMILES string of the molecule is CN=NN(C)Cc1ccc(F)cc1. The molecule has 0 aliphatic carbocycles. The van der Waals surface area contributed by atoms with Crippen molar-refractivity contribution in [3.8, 4) is 0 Å². The van der Waals surface area contributed by atoms with Crippen LogP contribution in [0.5, 0.6) is 0 Å². The van der Waals surface area contributed by atoms with Crippen LogP contribution in [0, 0.1) is 5.82 Å². The lowest BCUT2D eigenvalue weighted by Gasteiger charge is -2.10. The van der Waals surface area contributed by atoms with Gasteiger partial charge >= 0.3 is 0 Å². The molecule has 0 unspecified atom stereocenters. The second kappa shape index (κ2) is 4.54. The third-order valence-corrected chi connectivity index (χ3v) is 1.57. The normalized spacial score (nSPS) is 10.7.